The highest BCUT2D eigenvalue weighted by Gasteiger charge is 2.32. The number of hydrogen-bond acceptors (Lipinski definition) is 5. The third kappa shape index (κ3) is 3.45. The zero-order valence-electron chi connectivity index (χ0n) is 16.1. The van der Waals surface area contributed by atoms with E-state index >= 15 is 0 Å². The number of hydrazone groups is 1. The average Bonchev–Trinajstić information content (AvgIpc) is 2.76. The first kappa shape index (κ1) is 20.1. The molecule has 0 spiro atoms. The van der Waals surface area contributed by atoms with Gasteiger partial charge < -0.3 is 9.47 Å². The van der Waals surface area contributed by atoms with Crippen molar-refractivity contribution in [2.24, 2.45) is 5.10 Å². The predicted octanol–water partition coefficient (Wildman–Crippen LogP) is 4.65. The summed E-state index contributed by atoms with van der Waals surface area (Å²) >= 11 is 2.13. The maximum absolute atomic E-state index is 12.9. The van der Waals surface area contributed by atoms with Crippen LogP contribution in [0.1, 0.15) is 26.3 Å². The molecule has 0 saturated carbocycles. The number of halogens is 1. The molecule has 30 heavy (non-hydrogen) atoms. The van der Waals surface area contributed by atoms with Gasteiger partial charge in [-0.15, -0.1) is 0 Å². The fourth-order valence-electron chi connectivity index (χ4n) is 3.34. The Balaban J connectivity index is 1.70. The van der Waals surface area contributed by atoms with E-state index in [9.17, 15) is 9.59 Å². The molecule has 0 fully saturated rings. The van der Waals surface area contributed by atoms with Gasteiger partial charge in [0.05, 0.1) is 28.0 Å². The van der Waals surface area contributed by atoms with Gasteiger partial charge in [-0.05, 0) is 57.8 Å². The monoisotopic (exact) mass is 512 g/mol. The minimum atomic E-state index is -0.451. The molecule has 6 nitrogen and oxygen atoms in total. The molecule has 0 N–H and O–H groups in total. The van der Waals surface area contributed by atoms with Gasteiger partial charge in [0, 0.05) is 5.39 Å². The minimum Gasteiger partial charge on any atom is -0.493 e. The van der Waals surface area contributed by atoms with Gasteiger partial charge in [-0.1, -0.05) is 36.9 Å². The highest BCUT2D eigenvalue weighted by atomic mass is 127. The molecule has 3 aromatic carbocycles. The Morgan fingerprint density at radius 2 is 1.77 bits per heavy atom. The van der Waals surface area contributed by atoms with Crippen LogP contribution < -0.4 is 9.47 Å². The molecular formula is C23H17IN2O4. The number of benzene rings is 3. The number of carbonyl (C=O) groups is 2. The Morgan fingerprint density at radius 3 is 2.37 bits per heavy atom. The number of carbonyl (C=O) groups excluding carboxylic acids is 2. The van der Waals surface area contributed by atoms with E-state index in [0.29, 0.717) is 40.2 Å². The fraction of sp³-hybridized carbons (Fsp3) is 0.0870. The largest absolute Gasteiger partial charge is 0.493 e. The van der Waals surface area contributed by atoms with Crippen LogP contribution in [0.5, 0.6) is 11.5 Å². The molecule has 4 rings (SSSR count). The number of nitrogens with zero attached hydrogens (tertiary/aromatic N) is 2. The van der Waals surface area contributed by atoms with Crippen LogP contribution >= 0.6 is 22.6 Å². The number of imide groups is 1. The number of ether oxygens (including phenoxy) is 2. The van der Waals surface area contributed by atoms with Crippen LogP contribution in [0.4, 0.5) is 0 Å². The van der Waals surface area contributed by atoms with Gasteiger partial charge in [0.15, 0.2) is 11.5 Å². The van der Waals surface area contributed by atoms with Crippen molar-refractivity contribution in [2.75, 3.05) is 13.7 Å². The molecule has 0 atom stereocenters. The van der Waals surface area contributed by atoms with Crippen molar-refractivity contribution in [3.63, 3.8) is 0 Å². The summed E-state index contributed by atoms with van der Waals surface area (Å²) in [7, 11) is 1.54. The molecule has 7 heteroatoms. The van der Waals surface area contributed by atoms with E-state index in [1.165, 1.54) is 6.21 Å². The topological polar surface area (TPSA) is 68.2 Å². The summed E-state index contributed by atoms with van der Waals surface area (Å²) in [5.41, 5.74) is 1.58. The average molecular weight is 512 g/mol. The molecule has 150 valence electrons. The van der Waals surface area contributed by atoms with Crippen molar-refractivity contribution < 1.29 is 19.1 Å². The van der Waals surface area contributed by atoms with E-state index in [4.69, 9.17) is 9.47 Å². The molecule has 1 aliphatic rings. The normalized spacial score (nSPS) is 13.2. The van der Waals surface area contributed by atoms with Crippen LogP contribution in [0.15, 0.2) is 66.3 Å². The van der Waals surface area contributed by atoms with Crippen molar-refractivity contribution in [3.8, 4) is 11.5 Å². The summed E-state index contributed by atoms with van der Waals surface area (Å²) in [6.07, 6.45) is 3.11. The van der Waals surface area contributed by atoms with Crippen molar-refractivity contribution in [1.29, 1.82) is 0 Å². The molecule has 0 aliphatic carbocycles. The van der Waals surface area contributed by atoms with Crippen molar-refractivity contribution in [1.82, 2.24) is 5.01 Å². The van der Waals surface area contributed by atoms with E-state index in [1.54, 1.807) is 43.5 Å². The van der Waals surface area contributed by atoms with E-state index < -0.39 is 11.8 Å². The second kappa shape index (κ2) is 8.27. The van der Waals surface area contributed by atoms with E-state index in [1.807, 2.05) is 18.2 Å². The van der Waals surface area contributed by atoms with Gasteiger partial charge >= 0.3 is 0 Å². The second-order valence-electron chi connectivity index (χ2n) is 6.51. The van der Waals surface area contributed by atoms with Crippen LogP contribution in [-0.4, -0.2) is 36.8 Å². The third-order valence-electron chi connectivity index (χ3n) is 4.67. The van der Waals surface area contributed by atoms with Crippen LogP contribution in [0.3, 0.4) is 0 Å². The van der Waals surface area contributed by atoms with Crippen LogP contribution in [0.2, 0.25) is 0 Å². The third-order valence-corrected chi connectivity index (χ3v) is 5.47. The van der Waals surface area contributed by atoms with Crippen LogP contribution in [0.25, 0.3) is 10.8 Å². The zero-order chi connectivity index (χ0) is 21.3. The van der Waals surface area contributed by atoms with Crippen molar-refractivity contribution >= 4 is 51.4 Å². The molecule has 3 aromatic rings. The van der Waals surface area contributed by atoms with E-state index in [-0.39, 0.29) is 0 Å². The van der Waals surface area contributed by atoms with Crippen molar-refractivity contribution in [3.05, 3.63) is 81.4 Å². The maximum atomic E-state index is 12.9. The lowest BCUT2D eigenvalue weighted by atomic mass is 9.95. The zero-order valence-corrected chi connectivity index (χ0v) is 18.3. The predicted molar refractivity (Wildman–Crippen MR) is 123 cm³/mol. The highest BCUT2D eigenvalue weighted by Crippen LogP contribution is 2.34. The summed E-state index contributed by atoms with van der Waals surface area (Å²) in [4.78, 5) is 25.9. The summed E-state index contributed by atoms with van der Waals surface area (Å²) in [5, 5.41) is 6.62. The lowest BCUT2D eigenvalue weighted by Crippen LogP contribution is -2.36. The van der Waals surface area contributed by atoms with Crippen molar-refractivity contribution in [2.45, 2.75) is 0 Å². The maximum Gasteiger partial charge on any atom is 0.282 e. The lowest BCUT2D eigenvalue weighted by Gasteiger charge is -2.23. The summed E-state index contributed by atoms with van der Waals surface area (Å²) < 4.78 is 11.9. The Hall–Kier alpha value is -3.20. The minimum absolute atomic E-state index is 0.349. The fourth-order valence-corrected chi connectivity index (χ4v) is 4.12. The van der Waals surface area contributed by atoms with Crippen LogP contribution in [-0.2, 0) is 0 Å². The Kier molecular flexibility index (Phi) is 5.54. The summed E-state index contributed by atoms with van der Waals surface area (Å²) in [6.45, 7) is 3.99. The van der Waals surface area contributed by atoms with Gasteiger partial charge in [-0.25, -0.2) is 0 Å². The Bertz CT molecular complexity index is 1170. The quantitative estimate of drug-likeness (QED) is 0.209. The van der Waals surface area contributed by atoms with Gasteiger partial charge in [-0.3, -0.25) is 9.59 Å². The molecular weight excluding hydrogens is 495 g/mol. The molecule has 0 unspecified atom stereocenters. The lowest BCUT2D eigenvalue weighted by molar-refractivity contribution is 0.0616. The first-order valence-electron chi connectivity index (χ1n) is 9.11. The second-order valence-corrected chi connectivity index (χ2v) is 7.67. The molecule has 0 aromatic heterocycles. The van der Waals surface area contributed by atoms with Gasteiger partial charge in [0.25, 0.3) is 11.8 Å². The number of methoxy groups -OCH3 is 1. The molecule has 0 radical (unpaired) electrons. The molecule has 2 amide bonds. The van der Waals surface area contributed by atoms with E-state index in [0.717, 1.165) is 14.0 Å². The SMILES string of the molecule is C=CCOc1c(I)cc(/C=N\N2C(=O)c3cccc4cccc(c34)C2=O)cc1OC. The molecule has 0 saturated heterocycles. The molecule has 1 aliphatic heterocycles. The first-order valence-corrected chi connectivity index (χ1v) is 10.2. The van der Waals surface area contributed by atoms with Crippen LogP contribution in [0, 0.1) is 3.57 Å². The van der Waals surface area contributed by atoms with E-state index in [2.05, 4.69) is 34.3 Å². The van der Waals surface area contributed by atoms with Gasteiger partial charge in [0.2, 0.25) is 0 Å². The summed E-state index contributed by atoms with van der Waals surface area (Å²) in [6, 6.07) is 14.3. The molecule has 0 bridgehead atoms. The Labute approximate surface area is 186 Å². The number of rotatable bonds is 6. The summed E-state index contributed by atoms with van der Waals surface area (Å²) in [5.74, 6) is 0.221. The molecule has 1 heterocycles. The van der Waals surface area contributed by atoms with Gasteiger partial charge in [0.1, 0.15) is 6.61 Å². The smallest absolute Gasteiger partial charge is 0.282 e. The first-order chi connectivity index (χ1) is 14.5. The highest BCUT2D eigenvalue weighted by molar-refractivity contribution is 14.1. The van der Waals surface area contributed by atoms with Gasteiger partial charge in [-0.2, -0.15) is 10.1 Å². The Morgan fingerprint density at radius 1 is 1.10 bits per heavy atom. The number of hydrogen-bond donors (Lipinski definition) is 0. The number of amides is 2. The standard InChI is InChI=1S/C23H17IN2O4/c1-3-10-30-21-18(24)11-14(12-19(21)29-2)13-25-26-22(27)16-8-4-6-15-7-5-9-17(20(15)16)23(26)28/h3-9,11-13H,1,10H2,2H3/b25-13-.